The average molecular weight is 470 g/mol. The lowest BCUT2D eigenvalue weighted by molar-refractivity contribution is -0.161. The number of rotatable bonds is 20. The van der Waals surface area contributed by atoms with Crippen LogP contribution >= 0.6 is 7.82 Å². The minimum absolute atomic E-state index is 0.0681. The van der Waals surface area contributed by atoms with Crippen LogP contribution in [-0.4, -0.2) is 65.7 Å². The van der Waals surface area contributed by atoms with Crippen LogP contribution in [0.25, 0.3) is 0 Å². The van der Waals surface area contributed by atoms with Crippen molar-refractivity contribution >= 4 is 19.8 Å². The number of aliphatic hydroxyl groups excluding tert-OH is 2. The molecule has 11 heteroatoms. The number of hydrogen-bond donors (Lipinski definition) is 3. The molecule has 0 amide bonds. The molecule has 184 valence electrons. The van der Waals surface area contributed by atoms with E-state index in [1.54, 1.807) is 6.92 Å². The molecular weight excluding hydrogens is 431 g/mol. The molecule has 0 bridgehead atoms. The quantitative estimate of drug-likeness (QED) is 0.138. The van der Waals surface area contributed by atoms with Crippen LogP contribution in [0.4, 0.5) is 0 Å². The minimum atomic E-state index is -4.55. The molecule has 0 aliphatic heterocycles. The van der Waals surface area contributed by atoms with Crippen molar-refractivity contribution in [3.63, 3.8) is 0 Å². The zero-order chi connectivity index (χ0) is 23.5. The fourth-order valence-electron chi connectivity index (χ4n) is 2.49. The normalized spacial score (nSPS) is 15.1. The summed E-state index contributed by atoms with van der Waals surface area (Å²) in [6.07, 6.45) is 6.66. The highest BCUT2D eigenvalue weighted by molar-refractivity contribution is 7.47. The molecule has 0 aromatic carbocycles. The van der Waals surface area contributed by atoms with Gasteiger partial charge in [0.1, 0.15) is 12.7 Å². The first-order chi connectivity index (χ1) is 14.7. The van der Waals surface area contributed by atoms with Crippen LogP contribution in [0, 0.1) is 0 Å². The molecule has 0 aromatic heterocycles. The number of esters is 2. The van der Waals surface area contributed by atoms with Crippen LogP contribution < -0.4 is 0 Å². The number of phosphoric ester groups is 1. The van der Waals surface area contributed by atoms with E-state index in [0.717, 1.165) is 19.3 Å². The first kappa shape index (κ1) is 30.0. The second-order valence-corrected chi connectivity index (χ2v) is 8.72. The second-order valence-electron chi connectivity index (χ2n) is 7.27. The summed E-state index contributed by atoms with van der Waals surface area (Å²) in [7, 11) is -4.55. The van der Waals surface area contributed by atoms with Crippen molar-refractivity contribution in [1.29, 1.82) is 0 Å². The molecule has 10 nitrogen and oxygen atoms in total. The molecule has 0 heterocycles. The van der Waals surface area contributed by atoms with Gasteiger partial charge in [0, 0.05) is 12.8 Å². The summed E-state index contributed by atoms with van der Waals surface area (Å²) in [5.74, 6) is -1.03. The van der Waals surface area contributed by atoms with E-state index in [4.69, 9.17) is 24.2 Å². The molecular formula is C20H39O10P. The van der Waals surface area contributed by atoms with Crippen LogP contribution in [0.2, 0.25) is 0 Å². The van der Waals surface area contributed by atoms with Crippen molar-refractivity contribution in [2.24, 2.45) is 0 Å². The lowest BCUT2D eigenvalue weighted by atomic mass is 10.1. The molecule has 0 aliphatic carbocycles. The lowest BCUT2D eigenvalue weighted by Gasteiger charge is -2.20. The Morgan fingerprint density at radius 2 is 1.45 bits per heavy atom. The van der Waals surface area contributed by atoms with E-state index in [9.17, 15) is 19.0 Å². The molecule has 0 radical (unpaired) electrons. The first-order valence-corrected chi connectivity index (χ1v) is 12.5. The summed E-state index contributed by atoms with van der Waals surface area (Å²) in [4.78, 5) is 33.0. The average Bonchev–Trinajstić information content (AvgIpc) is 2.75. The van der Waals surface area contributed by atoms with Gasteiger partial charge in [0.2, 0.25) is 0 Å². The maximum absolute atomic E-state index is 11.9. The summed E-state index contributed by atoms with van der Waals surface area (Å²) in [6, 6.07) is 0. The van der Waals surface area contributed by atoms with Crippen LogP contribution in [0.5, 0.6) is 0 Å². The molecule has 3 N–H and O–H groups in total. The highest BCUT2D eigenvalue weighted by Gasteiger charge is 2.26. The zero-order valence-corrected chi connectivity index (χ0v) is 19.6. The van der Waals surface area contributed by atoms with E-state index < -0.39 is 51.8 Å². The van der Waals surface area contributed by atoms with Gasteiger partial charge in [-0.1, -0.05) is 58.8 Å². The molecule has 0 aliphatic rings. The predicted molar refractivity (Wildman–Crippen MR) is 113 cm³/mol. The molecule has 3 atom stereocenters. The van der Waals surface area contributed by atoms with Gasteiger partial charge >= 0.3 is 19.8 Å². The number of aliphatic hydroxyl groups is 2. The third kappa shape index (κ3) is 18.3. The Hall–Kier alpha value is -1.03. The monoisotopic (exact) mass is 470 g/mol. The summed E-state index contributed by atoms with van der Waals surface area (Å²) in [5.41, 5.74) is 0. The first-order valence-electron chi connectivity index (χ1n) is 11.0. The number of phosphoric acid groups is 1. The van der Waals surface area contributed by atoms with Gasteiger partial charge in [-0.3, -0.25) is 18.6 Å². The Labute approximate surface area is 184 Å². The number of carbonyl (C=O) groups is 2. The molecule has 0 rings (SSSR count). The van der Waals surface area contributed by atoms with E-state index in [0.29, 0.717) is 6.42 Å². The maximum Gasteiger partial charge on any atom is 0.472 e. The van der Waals surface area contributed by atoms with Crippen molar-refractivity contribution in [1.82, 2.24) is 0 Å². The SMILES string of the molecule is CCCCCCCCCCC(=O)OC[C@H](COP(=O)(O)OC[C@@H](O)CO)OC(=O)CC. The minimum Gasteiger partial charge on any atom is -0.462 e. The maximum atomic E-state index is 11.9. The predicted octanol–water partition coefficient (Wildman–Crippen LogP) is 2.87. The molecule has 31 heavy (non-hydrogen) atoms. The van der Waals surface area contributed by atoms with E-state index >= 15 is 0 Å². The van der Waals surface area contributed by atoms with Crippen LogP contribution in [-0.2, 0) is 32.7 Å². The van der Waals surface area contributed by atoms with Crippen LogP contribution in [0.3, 0.4) is 0 Å². The Morgan fingerprint density at radius 3 is 2.03 bits per heavy atom. The molecule has 0 fully saturated rings. The lowest BCUT2D eigenvalue weighted by Crippen LogP contribution is -2.29. The van der Waals surface area contributed by atoms with Crippen LogP contribution in [0.15, 0.2) is 0 Å². The van der Waals surface area contributed by atoms with Gasteiger partial charge in [0.25, 0.3) is 0 Å². The van der Waals surface area contributed by atoms with Crippen LogP contribution in [0.1, 0.15) is 78.1 Å². The number of unbranched alkanes of at least 4 members (excludes halogenated alkanes) is 7. The Kier molecular flexibility index (Phi) is 17.9. The van der Waals surface area contributed by atoms with Gasteiger partial charge < -0.3 is 24.6 Å². The third-order valence-electron chi connectivity index (χ3n) is 4.32. The van der Waals surface area contributed by atoms with Gasteiger partial charge in [-0.05, 0) is 6.42 Å². The third-order valence-corrected chi connectivity index (χ3v) is 5.27. The van der Waals surface area contributed by atoms with E-state index in [1.807, 2.05) is 0 Å². The number of ether oxygens (including phenoxy) is 2. The van der Waals surface area contributed by atoms with Gasteiger partial charge in [0.05, 0.1) is 19.8 Å². The topological polar surface area (TPSA) is 149 Å². The van der Waals surface area contributed by atoms with Crippen molar-refractivity contribution in [3.8, 4) is 0 Å². The highest BCUT2D eigenvalue weighted by Crippen LogP contribution is 2.43. The molecule has 0 spiro atoms. The summed E-state index contributed by atoms with van der Waals surface area (Å²) < 4.78 is 31.2. The van der Waals surface area contributed by atoms with E-state index in [1.165, 1.54) is 25.7 Å². The Bertz CT molecular complexity index is 528. The summed E-state index contributed by atoms with van der Waals surface area (Å²) >= 11 is 0. The highest BCUT2D eigenvalue weighted by atomic mass is 31.2. The smallest absolute Gasteiger partial charge is 0.462 e. The zero-order valence-electron chi connectivity index (χ0n) is 18.7. The van der Waals surface area contributed by atoms with Gasteiger partial charge in [0.15, 0.2) is 6.10 Å². The van der Waals surface area contributed by atoms with Gasteiger partial charge in [-0.15, -0.1) is 0 Å². The van der Waals surface area contributed by atoms with Crippen molar-refractivity contribution in [2.45, 2.75) is 90.3 Å². The van der Waals surface area contributed by atoms with Crippen molar-refractivity contribution < 1.29 is 47.8 Å². The molecule has 0 saturated heterocycles. The number of hydrogen-bond acceptors (Lipinski definition) is 9. The fourth-order valence-corrected chi connectivity index (χ4v) is 3.28. The van der Waals surface area contributed by atoms with E-state index in [-0.39, 0.29) is 19.4 Å². The standard InChI is InChI=1S/C20H39O10P/c1-3-5-6-7-8-9-10-11-12-20(24)27-15-18(30-19(23)4-2)16-29-31(25,26)28-14-17(22)13-21/h17-18,21-22H,3-16H2,1-2H3,(H,25,26)/t17-,18+/m0/s1. The molecule has 1 unspecified atom stereocenters. The molecule has 0 saturated carbocycles. The summed E-state index contributed by atoms with van der Waals surface area (Å²) in [6.45, 7) is 1.63. The fraction of sp³-hybridized carbons (Fsp3) is 0.900. The van der Waals surface area contributed by atoms with Crippen molar-refractivity contribution in [3.05, 3.63) is 0 Å². The second kappa shape index (κ2) is 18.5. The summed E-state index contributed by atoms with van der Waals surface area (Å²) in [5, 5.41) is 17.8. The Morgan fingerprint density at radius 1 is 0.871 bits per heavy atom. The molecule has 0 aromatic rings. The van der Waals surface area contributed by atoms with E-state index in [2.05, 4.69) is 11.4 Å². The van der Waals surface area contributed by atoms with Gasteiger partial charge in [-0.2, -0.15) is 0 Å². The Balaban J connectivity index is 4.25. The van der Waals surface area contributed by atoms with Crippen molar-refractivity contribution in [2.75, 3.05) is 26.4 Å². The van der Waals surface area contributed by atoms with Gasteiger partial charge in [-0.25, -0.2) is 4.57 Å². The largest absolute Gasteiger partial charge is 0.472 e. The number of carbonyl (C=O) groups excluding carboxylic acids is 2.